The molecule has 1 aromatic carbocycles. The lowest BCUT2D eigenvalue weighted by molar-refractivity contribution is 0.0997. The molecule has 7 heteroatoms. The van der Waals surface area contributed by atoms with E-state index in [1.165, 1.54) is 36.8 Å². The molecule has 26 heavy (non-hydrogen) atoms. The number of rotatable bonds is 6. The lowest BCUT2D eigenvalue weighted by Crippen LogP contribution is -2.12. The fourth-order valence-corrected chi connectivity index (χ4v) is 2.09. The first kappa shape index (κ1) is 14.6. The highest BCUT2D eigenvalue weighted by Crippen LogP contribution is 2.16. The molecule has 0 aliphatic rings. The first-order chi connectivity index (χ1) is 13.3. The van der Waals surface area contributed by atoms with Gasteiger partial charge in [-0.3, -0.25) is 19.6 Å². The van der Waals surface area contributed by atoms with Crippen LogP contribution in [0.25, 0.3) is 0 Å². The molecule has 2 aromatic heterocycles. The van der Waals surface area contributed by atoms with Gasteiger partial charge in [0.05, 0.1) is 20.1 Å². The Kier molecular flexibility index (Phi) is 4.43. The second-order valence-corrected chi connectivity index (χ2v) is 5.25. The largest absolute Gasteiger partial charge is 0.487 e. The molecule has 0 atom stereocenters. The quantitative estimate of drug-likeness (QED) is 0.710. The van der Waals surface area contributed by atoms with Crippen molar-refractivity contribution in [2.45, 2.75) is 6.56 Å². The number of nitrogens with two attached hydrogens (primary N) is 1. The van der Waals surface area contributed by atoms with Crippen molar-refractivity contribution in [3.63, 3.8) is 0 Å². The molecule has 3 rings (SSSR count). The third-order valence-corrected chi connectivity index (χ3v) is 3.33. The maximum atomic E-state index is 12.2. The number of hydrogen-bond donors (Lipinski definition) is 2. The van der Waals surface area contributed by atoms with Crippen LogP contribution in [0, 0.1) is 0 Å². The minimum Gasteiger partial charge on any atom is -0.487 e. The van der Waals surface area contributed by atoms with Crippen molar-refractivity contribution in [3.05, 3.63) is 83.9 Å². The highest BCUT2D eigenvalue weighted by Gasteiger charge is 2.07. The zero-order valence-corrected chi connectivity index (χ0v) is 13.5. The third-order valence-electron chi connectivity index (χ3n) is 3.33. The molecule has 0 bridgehead atoms. The lowest BCUT2D eigenvalue weighted by Gasteiger charge is -2.09. The standard InChI is InChI=1S/C19H16N4O3/c20-18(24)15-8-17(11-22-10-15)26-12-13-3-1-5-16(7-13)23-19(25)14-4-2-6-21-9-14/h1-11H,12H2,(H2,20,24)(H,23,25)/i12D2. The minimum absolute atomic E-state index is 0.0473. The molecule has 0 saturated heterocycles. The Hall–Kier alpha value is -3.74. The summed E-state index contributed by atoms with van der Waals surface area (Å²) in [6.07, 6.45) is 5.53. The van der Waals surface area contributed by atoms with Crippen molar-refractivity contribution in [1.82, 2.24) is 9.97 Å². The highest BCUT2D eigenvalue weighted by molar-refractivity contribution is 6.04. The van der Waals surface area contributed by atoms with Crippen LogP contribution < -0.4 is 15.8 Å². The summed E-state index contributed by atoms with van der Waals surface area (Å²) < 4.78 is 21.8. The molecule has 0 fully saturated rings. The number of benzene rings is 1. The van der Waals surface area contributed by atoms with Crippen LogP contribution in [0.15, 0.2) is 67.3 Å². The van der Waals surface area contributed by atoms with Gasteiger partial charge in [0, 0.05) is 24.3 Å². The first-order valence-electron chi connectivity index (χ1n) is 8.61. The number of ether oxygens (including phenoxy) is 1. The summed E-state index contributed by atoms with van der Waals surface area (Å²) in [5.74, 6) is -1.02. The molecule has 0 aliphatic heterocycles. The van der Waals surface area contributed by atoms with Gasteiger partial charge in [-0.05, 0) is 35.9 Å². The first-order valence-corrected chi connectivity index (χ1v) is 7.61. The normalized spacial score (nSPS) is 11.8. The van der Waals surface area contributed by atoms with E-state index >= 15 is 0 Å². The van der Waals surface area contributed by atoms with Crippen molar-refractivity contribution in [2.75, 3.05) is 5.32 Å². The Morgan fingerprint density at radius 2 is 1.92 bits per heavy atom. The predicted octanol–water partition coefficient (Wildman–Crippen LogP) is 2.41. The van der Waals surface area contributed by atoms with Crippen LogP contribution in [0.5, 0.6) is 5.75 Å². The van der Waals surface area contributed by atoms with E-state index in [0.717, 1.165) is 0 Å². The number of pyridine rings is 2. The summed E-state index contributed by atoms with van der Waals surface area (Å²) >= 11 is 0. The van der Waals surface area contributed by atoms with Crippen molar-refractivity contribution >= 4 is 17.5 Å². The van der Waals surface area contributed by atoms with Crippen LogP contribution in [0.3, 0.4) is 0 Å². The van der Waals surface area contributed by atoms with Crippen LogP contribution in [0.1, 0.15) is 29.0 Å². The van der Waals surface area contributed by atoms with Gasteiger partial charge < -0.3 is 15.8 Å². The van der Waals surface area contributed by atoms with Crippen molar-refractivity contribution in [2.24, 2.45) is 5.73 Å². The molecule has 7 nitrogen and oxygen atoms in total. The molecule has 2 amide bonds. The van der Waals surface area contributed by atoms with Crippen molar-refractivity contribution in [1.29, 1.82) is 0 Å². The summed E-state index contributed by atoms with van der Waals surface area (Å²) in [5.41, 5.74) is 6.24. The molecular weight excluding hydrogens is 332 g/mol. The topological polar surface area (TPSA) is 107 Å². The number of nitrogens with zero attached hydrogens (tertiary/aromatic N) is 2. The van der Waals surface area contributed by atoms with Crippen LogP contribution in [0.4, 0.5) is 5.69 Å². The van der Waals surface area contributed by atoms with Gasteiger partial charge in [0.25, 0.3) is 5.91 Å². The van der Waals surface area contributed by atoms with E-state index in [1.54, 1.807) is 30.5 Å². The molecule has 130 valence electrons. The third kappa shape index (κ3) is 4.41. The average Bonchev–Trinajstić information content (AvgIpc) is 2.68. The van der Waals surface area contributed by atoms with E-state index in [0.29, 0.717) is 11.3 Å². The molecule has 2 heterocycles. The Bertz CT molecular complexity index is 1010. The van der Waals surface area contributed by atoms with E-state index in [4.69, 9.17) is 13.2 Å². The maximum absolute atomic E-state index is 12.2. The van der Waals surface area contributed by atoms with Gasteiger partial charge in [-0.1, -0.05) is 12.1 Å². The summed E-state index contributed by atoms with van der Waals surface area (Å²) in [6, 6.07) is 10.8. The van der Waals surface area contributed by atoms with Crippen molar-refractivity contribution < 1.29 is 17.1 Å². The van der Waals surface area contributed by atoms with E-state index in [9.17, 15) is 9.59 Å². The van der Waals surface area contributed by atoms with Gasteiger partial charge in [0.2, 0.25) is 5.91 Å². The molecule has 0 spiro atoms. The van der Waals surface area contributed by atoms with Crippen LogP contribution in [-0.2, 0) is 6.56 Å². The fraction of sp³-hybridized carbons (Fsp3) is 0.0526. The SMILES string of the molecule is [2H]C([2H])(Oc1cncc(C(N)=O)c1)c1cccc(NC(=O)c2cccnc2)c1. The van der Waals surface area contributed by atoms with Gasteiger partial charge in [0.15, 0.2) is 0 Å². The number of primary amides is 1. The Labute approximate surface area is 152 Å². The fourth-order valence-electron chi connectivity index (χ4n) is 2.09. The number of carbonyl (C=O) groups is 2. The van der Waals surface area contributed by atoms with Gasteiger partial charge in [-0.25, -0.2) is 0 Å². The molecule has 0 unspecified atom stereocenters. The van der Waals surface area contributed by atoms with E-state index in [2.05, 4.69) is 15.3 Å². The number of anilines is 1. The summed E-state index contributed by atoms with van der Waals surface area (Å²) in [5, 5.41) is 2.68. The molecule has 3 N–H and O–H groups in total. The number of hydrogen-bond acceptors (Lipinski definition) is 5. The monoisotopic (exact) mass is 350 g/mol. The van der Waals surface area contributed by atoms with Gasteiger partial charge >= 0.3 is 0 Å². The number of amides is 2. The predicted molar refractivity (Wildman–Crippen MR) is 95.7 cm³/mol. The van der Waals surface area contributed by atoms with Crippen LogP contribution in [0.2, 0.25) is 0 Å². The van der Waals surface area contributed by atoms with E-state index < -0.39 is 12.5 Å². The molecule has 0 saturated carbocycles. The molecule has 3 aromatic rings. The minimum atomic E-state index is -2.24. The number of nitrogens with one attached hydrogen (secondary N) is 1. The maximum Gasteiger partial charge on any atom is 0.257 e. The second-order valence-electron chi connectivity index (χ2n) is 5.25. The average molecular weight is 350 g/mol. The van der Waals surface area contributed by atoms with E-state index in [-0.39, 0.29) is 22.8 Å². The smallest absolute Gasteiger partial charge is 0.257 e. The van der Waals surface area contributed by atoms with Crippen LogP contribution in [-0.4, -0.2) is 21.8 Å². The van der Waals surface area contributed by atoms with Crippen molar-refractivity contribution in [3.8, 4) is 5.75 Å². The summed E-state index contributed by atoms with van der Waals surface area (Å²) in [7, 11) is 0. The zero-order chi connectivity index (χ0) is 20.1. The van der Waals surface area contributed by atoms with Gasteiger partial charge in [-0.2, -0.15) is 0 Å². The Balaban J connectivity index is 1.79. The van der Waals surface area contributed by atoms with E-state index in [1.807, 2.05) is 0 Å². The Morgan fingerprint density at radius 1 is 1.08 bits per heavy atom. The highest BCUT2D eigenvalue weighted by atomic mass is 16.5. The van der Waals surface area contributed by atoms with Crippen LogP contribution >= 0.6 is 0 Å². The summed E-state index contributed by atoms with van der Waals surface area (Å²) in [4.78, 5) is 31.2. The Morgan fingerprint density at radius 3 is 2.69 bits per heavy atom. The number of aromatic nitrogens is 2. The van der Waals surface area contributed by atoms with Gasteiger partial charge in [0.1, 0.15) is 12.3 Å². The molecular formula is C19H16N4O3. The zero-order valence-electron chi connectivity index (χ0n) is 15.5. The summed E-state index contributed by atoms with van der Waals surface area (Å²) in [6.45, 7) is -2.24. The molecule has 0 aliphatic carbocycles. The lowest BCUT2D eigenvalue weighted by atomic mass is 10.2. The molecule has 0 radical (unpaired) electrons. The second kappa shape index (κ2) is 7.89. The number of carbonyl (C=O) groups excluding carboxylic acids is 2. The van der Waals surface area contributed by atoms with Gasteiger partial charge in [-0.15, -0.1) is 0 Å².